The second-order valence-corrected chi connectivity index (χ2v) is 5.67. The normalized spacial score (nSPS) is 17.8. The van der Waals surface area contributed by atoms with Crippen LogP contribution in [0.15, 0.2) is 59.6 Å². The third-order valence-electron chi connectivity index (χ3n) is 3.99. The maximum Gasteiger partial charge on any atom is 0.137 e. The van der Waals surface area contributed by atoms with Gasteiger partial charge in [-0.25, -0.2) is 0 Å². The van der Waals surface area contributed by atoms with E-state index in [0.29, 0.717) is 6.61 Å². The summed E-state index contributed by atoms with van der Waals surface area (Å²) in [6.45, 7) is 3.09. The fraction of sp³-hybridized carbons (Fsp3) is 0.294. The maximum atomic E-state index is 5.88. The van der Waals surface area contributed by atoms with Gasteiger partial charge in [0.1, 0.15) is 18.1 Å². The minimum Gasteiger partial charge on any atom is -0.490 e. The number of nitrogens with zero attached hydrogens (tertiary/aromatic N) is 4. The van der Waals surface area contributed by atoms with E-state index in [9.17, 15) is 0 Å². The number of furan rings is 1. The molecule has 1 aliphatic rings. The summed E-state index contributed by atoms with van der Waals surface area (Å²) in [6.07, 6.45) is 7.03. The summed E-state index contributed by atoms with van der Waals surface area (Å²) in [6, 6.07) is 9.95. The van der Waals surface area contributed by atoms with Crippen LogP contribution >= 0.6 is 0 Å². The number of aromatic nitrogens is 3. The lowest BCUT2D eigenvalue weighted by molar-refractivity contribution is 0.121. The Morgan fingerprint density at radius 3 is 3.04 bits per heavy atom. The first-order valence-corrected chi connectivity index (χ1v) is 7.68. The molecule has 4 heterocycles. The molecule has 0 radical (unpaired) electrons. The molecule has 1 atom stereocenters. The lowest BCUT2D eigenvalue weighted by Crippen LogP contribution is -2.39. The van der Waals surface area contributed by atoms with Gasteiger partial charge in [0.25, 0.3) is 0 Å². The van der Waals surface area contributed by atoms with E-state index < -0.39 is 0 Å². The molecule has 0 fully saturated rings. The highest BCUT2D eigenvalue weighted by atomic mass is 16.5. The number of hydrogen-bond donors (Lipinski definition) is 0. The molecule has 0 spiro atoms. The lowest BCUT2D eigenvalue weighted by Gasteiger charge is -2.33. The molecule has 3 aromatic rings. The molecule has 6 nitrogen and oxygen atoms in total. The van der Waals surface area contributed by atoms with Gasteiger partial charge >= 0.3 is 0 Å². The number of hydrogen-bond acceptors (Lipinski definition) is 5. The molecule has 6 heteroatoms. The van der Waals surface area contributed by atoms with Crippen molar-refractivity contribution >= 4 is 0 Å². The van der Waals surface area contributed by atoms with E-state index in [1.54, 1.807) is 18.7 Å². The van der Waals surface area contributed by atoms with Crippen molar-refractivity contribution in [1.82, 2.24) is 19.7 Å². The average Bonchev–Trinajstić information content (AvgIpc) is 3.25. The number of ether oxygens (including phenoxy) is 1. The van der Waals surface area contributed by atoms with Crippen molar-refractivity contribution in [1.29, 1.82) is 0 Å². The van der Waals surface area contributed by atoms with Gasteiger partial charge in [0, 0.05) is 25.5 Å². The molecule has 3 aromatic heterocycles. The highest BCUT2D eigenvalue weighted by Crippen LogP contribution is 2.23. The summed E-state index contributed by atoms with van der Waals surface area (Å²) < 4.78 is 13.4. The van der Waals surface area contributed by atoms with Gasteiger partial charge in [-0.05, 0) is 30.3 Å². The van der Waals surface area contributed by atoms with Crippen molar-refractivity contribution < 1.29 is 9.15 Å². The smallest absolute Gasteiger partial charge is 0.137 e. The van der Waals surface area contributed by atoms with Gasteiger partial charge in [-0.2, -0.15) is 5.10 Å². The molecule has 23 heavy (non-hydrogen) atoms. The van der Waals surface area contributed by atoms with E-state index in [4.69, 9.17) is 9.15 Å². The first-order chi connectivity index (χ1) is 11.4. The average molecular weight is 310 g/mol. The van der Waals surface area contributed by atoms with E-state index >= 15 is 0 Å². The van der Waals surface area contributed by atoms with Crippen LogP contribution in [0, 0.1) is 0 Å². The van der Waals surface area contributed by atoms with Gasteiger partial charge in [0.2, 0.25) is 0 Å². The Morgan fingerprint density at radius 1 is 1.22 bits per heavy atom. The molecule has 0 amide bonds. The van der Waals surface area contributed by atoms with Crippen LogP contribution in [-0.4, -0.2) is 32.8 Å². The van der Waals surface area contributed by atoms with Gasteiger partial charge in [0.15, 0.2) is 0 Å². The monoisotopic (exact) mass is 310 g/mol. The Labute approximate surface area is 134 Å². The Bertz CT molecular complexity index is 739. The highest BCUT2D eigenvalue weighted by Gasteiger charge is 2.26. The Kier molecular flexibility index (Phi) is 3.81. The molecule has 0 aliphatic carbocycles. The molecule has 0 aromatic carbocycles. The quantitative estimate of drug-likeness (QED) is 0.725. The second-order valence-electron chi connectivity index (χ2n) is 5.67. The van der Waals surface area contributed by atoms with Crippen molar-refractivity contribution in [3.63, 3.8) is 0 Å². The van der Waals surface area contributed by atoms with Crippen LogP contribution in [-0.2, 0) is 13.1 Å². The van der Waals surface area contributed by atoms with Gasteiger partial charge in [-0.15, -0.1) is 0 Å². The van der Waals surface area contributed by atoms with E-state index in [1.807, 2.05) is 30.5 Å². The molecular weight excluding hydrogens is 292 g/mol. The molecule has 1 aliphatic heterocycles. The zero-order valence-corrected chi connectivity index (χ0v) is 12.7. The molecule has 4 rings (SSSR count). The zero-order chi connectivity index (χ0) is 15.5. The summed E-state index contributed by atoms with van der Waals surface area (Å²) in [4.78, 5) is 6.43. The maximum absolute atomic E-state index is 5.88. The van der Waals surface area contributed by atoms with Crippen molar-refractivity contribution in [3.8, 4) is 5.75 Å². The van der Waals surface area contributed by atoms with E-state index in [0.717, 1.165) is 31.1 Å². The lowest BCUT2D eigenvalue weighted by atomic mass is 10.2. The molecule has 0 saturated carbocycles. The number of pyridine rings is 1. The Balaban J connectivity index is 1.47. The Morgan fingerprint density at radius 2 is 2.22 bits per heavy atom. The van der Waals surface area contributed by atoms with E-state index in [-0.39, 0.29) is 6.04 Å². The second kappa shape index (κ2) is 6.26. The van der Waals surface area contributed by atoms with Crippen LogP contribution in [0.5, 0.6) is 5.75 Å². The standard InChI is InChI=1S/C17H18N4O2/c1-3-16(9-18-6-1)23-13-15-11-20(12-17-4-2-8-22-17)10-14-5-7-19-21(14)15/h1-9,15H,10-13H2. The first kappa shape index (κ1) is 14.0. The van der Waals surface area contributed by atoms with Crippen LogP contribution in [0.2, 0.25) is 0 Å². The van der Waals surface area contributed by atoms with Crippen molar-refractivity contribution in [2.45, 2.75) is 19.1 Å². The molecule has 118 valence electrons. The SMILES string of the molecule is c1cncc(OCC2CN(Cc3ccco3)Cc3ccnn32)c1. The fourth-order valence-corrected chi connectivity index (χ4v) is 2.96. The number of fused-ring (bicyclic) bond motifs is 1. The number of rotatable bonds is 5. The van der Waals surface area contributed by atoms with Crippen LogP contribution in [0.25, 0.3) is 0 Å². The van der Waals surface area contributed by atoms with Crippen LogP contribution in [0.1, 0.15) is 17.5 Å². The molecular formula is C17H18N4O2. The van der Waals surface area contributed by atoms with Crippen molar-refractivity contribution in [3.05, 3.63) is 66.6 Å². The van der Waals surface area contributed by atoms with Crippen LogP contribution < -0.4 is 4.74 Å². The largest absolute Gasteiger partial charge is 0.490 e. The first-order valence-electron chi connectivity index (χ1n) is 7.68. The zero-order valence-electron chi connectivity index (χ0n) is 12.7. The topological polar surface area (TPSA) is 56.3 Å². The summed E-state index contributed by atoms with van der Waals surface area (Å²) >= 11 is 0. The van der Waals surface area contributed by atoms with Crippen molar-refractivity contribution in [2.24, 2.45) is 0 Å². The Hall–Kier alpha value is -2.60. The van der Waals surface area contributed by atoms with E-state index in [2.05, 4.69) is 25.7 Å². The summed E-state index contributed by atoms with van der Waals surface area (Å²) in [5.74, 6) is 1.76. The van der Waals surface area contributed by atoms with Crippen LogP contribution in [0.3, 0.4) is 0 Å². The van der Waals surface area contributed by atoms with Gasteiger partial charge in [-0.3, -0.25) is 14.6 Å². The van der Waals surface area contributed by atoms with Crippen LogP contribution in [0.4, 0.5) is 0 Å². The van der Waals surface area contributed by atoms with Gasteiger partial charge < -0.3 is 9.15 Å². The van der Waals surface area contributed by atoms with Gasteiger partial charge in [-0.1, -0.05) is 0 Å². The fourth-order valence-electron chi connectivity index (χ4n) is 2.96. The third kappa shape index (κ3) is 3.12. The summed E-state index contributed by atoms with van der Waals surface area (Å²) in [7, 11) is 0. The highest BCUT2D eigenvalue weighted by molar-refractivity contribution is 5.15. The van der Waals surface area contributed by atoms with Gasteiger partial charge in [0.05, 0.1) is 30.7 Å². The molecule has 0 saturated heterocycles. The minimum atomic E-state index is 0.170. The summed E-state index contributed by atoms with van der Waals surface area (Å²) in [5, 5.41) is 4.45. The third-order valence-corrected chi connectivity index (χ3v) is 3.99. The predicted molar refractivity (Wildman–Crippen MR) is 83.8 cm³/mol. The molecule has 0 N–H and O–H groups in total. The predicted octanol–water partition coefficient (Wildman–Crippen LogP) is 2.51. The van der Waals surface area contributed by atoms with E-state index in [1.165, 1.54) is 5.69 Å². The van der Waals surface area contributed by atoms with Crippen molar-refractivity contribution in [2.75, 3.05) is 13.2 Å². The molecule has 0 bridgehead atoms. The minimum absolute atomic E-state index is 0.170. The summed E-state index contributed by atoms with van der Waals surface area (Å²) in [5.41, 5.74) is 1.20. The molecule has 1 unspecified atom stereocenters.